The maximum atomic E-state index is 13.9. The summed E-state index contributed by atoms with van der Waals surface area (Å²) in [5, 5.41) is 52.7. The third-order valence-corrected chi connectivity index (χ3v) is 14.4. The highest BCUT2D eigenvalue weighted by molar-refractivity contribution is 5.77. The van der Waals surface area contributed by atoms with Crippen LogP contribution in [-0.4, -0.2) is 118 Å². The third kappa shape index (κ3) is 5.35. The van der Waals surface area contributed by atoms with Crippen molar-refractivity contribution >= 4 is 11.9 Å². The van der Waals surface area contributed by atoms with E-state index < -0.39 is 96.2 Å². The number of aliphatic hydroxyl groups excluding tert-OH is 4. The van der Waals surface area contributed by atoms with Crippen molar-refractivity contribution in [3.05, 3.63) is 23.3 Å². The van der Waals surface area contributed by atoms with Crippen LogP contribution in [0.2, 0.25) is 0 Å². The Morgan fingerprint density at radius 2 is 1.80 bits per heavy atom. The molecule has 0 radical (unpaired) electrons. The SMILES string of the molecule is CO[C@]1(C)OC2[C@H]([C@H]3[C@H](OC(C)=O)C[C@H]4C5=CCC6CC(O[C@@H]7O[C@H](CO)[C@@H](O)[C@H](O)[C@H]7O)CC[C@]6(C)C5=CC[C@]34C)C(=O)O[C@@H]2[C@]1(O)C(C)C. The van der Waals surface area contributed by atoms with Crippen LogP contribution in [0.4, 0.5) is 0 Å². The van der Waals surface area contributed by atoms with Gasteiger partial charge in [0.2, 0.25) is 0 Å². The summed E-state index contributed by atoms with van der Waals surface area (Å²) >= 11 is 0. The first kappa shape index (κ1) is 37.4. The Morgan fingerprint density at radius 3 is 2.45 bits per heavy atom. The van der Waals surface area contributed by atoms with Crippen LogP contribution in [0.25, 0.3) is 0 Å². The van der Waals surface area contributed by atoms with Crippen molar-refractivity contribution in [2.45, 2.75) is 147 Å². The average molecular weight is 721 g/mol. The van der Waals surface area contributed by atoms with Crippen molar-refractivity contribution in [2.75, 3.05) is 13.7 Å². The van der Waals surface area contributed by atoms with E-state index in [0.29, 0.717) is 25.7 Å². The van der Waals surface area contributed by atoms with E-state index >= 15 is 0 Å². The summed E-state index contributed by atoms with van der Waals surface area (Å²) in [4.78, 5) is 26.5. The van der Waals surface area contributed by atoms with E-state index in [2.05, 4.69) is 26.0 Å². The number of methoxy groups -OCH3 is 1. The standard InChI is InChI=1S/C38H56O13/c1-17(2)38(45)32-31(51-37(38,6)46-7)26(33(44)50-32)27-24(47-18(3)40)15-23-21-9-8-19-14-20(10-12-35(19,4)22(21)11-13-36(23,27)5)48-34-30(43)29(42)28(41)25(16-39)49-34/h9,11,17,19-20,23-32,34,39,41-43,45H,8,10,12-16H2,1-7H3/t19?,20?,23-,24+,25+,26-,27+,28+,29-,30+,31?,32-,34+,35-,36-,37+,38+/m0/s1. The molecule has 7 aliphatic rings. The molecule has 4 aliphatic carbocycles. The molecule has 3 aliphatic heterocycles. The van der Waals surface area contributed by atoms with Crippen molar-refractivity contribution in [1.82, 2.24) is 0 Å². The highest BCUT2D eigenvalue weighted by atomic mass is 16.7. The minimum Gasteiger partial charge on any atom is -0.462 e. The molecule has 0 aromatic carbocycles. The van der Waals surface area contributed by atoms with Gasteiger partial charge in [-0.2, -0.15) is 0 Å². The Bertz CT molecular complexity index is 1460. The molecule has 51 heavy (non-hydrogen) atoms. The lowest BCUT2D eigenvalue weighted by Gasteiger charge is -2.54. The fourth-order valence-electron chi connectivity index (χ4n) is 11.4. The van der Waals surface area contributed by atoms with Gasteiger partial charge < -0.3 is 54.0 Å². The average Bonchev–Trinajstić information content (AvgIpc) is 3.63. The predicted octanol–water partition coefficient (Wildman–Crippen LogP) is 1.90. The quantitative estimate of drug-likeness (QED) is 0.240. The van der Waals surface area contributed by atoms with E-state index in [9.17, 15) is 35.1 Å². The van der Waals surface area contributed by atoms with E-state index in [1.165, 1.54) is 25.2 Å². The molecule has 0 amide bonds. The van der Waals surface area contributed by atoms with Crippen LogP contribution in [0.15, 0.2) is 23.3 Å². The topological polar surface area (TPSA) is 191 Å². The molecule has 3 heterocycles. The maximum absolute atomic E-state index is 13.9. The number of aliphatic hydroxyl groups is 5. The van der Waals surface area contributed by atoms with Crippen molar-refractivity contribution in [3.63, 3.8) is 0 Å². The van der Waals surface area contributed by atoms with Crippen LogP contribution < -0.4 is 0 Å². The van der Waals surface area contributed by atoms with Crippen LogP contribution >= 0.6 is 0 Å². The van der Waals surface area contributed by atoms with Gasteiger partial charge in [0.15, 0.2) is 23.8 Å². The zero-order valence-electron chi connectivity index (χ0n) is 30.7. The summed E-state index contributed by atoms with van der Waals surface area (Å²) in [6, 6.07) is 0. The molecular formula is C38H56O13. The van der Waals surface area contributed by atoms with Crippen LogP contribution in [0, 0.1) is 40.4 Å². The molecule has 3 unspecified atom stereocenters. The number of ether oxygens (including phenoxy) is 6. The van der Waals surface area contributed by atoms with Crippen LogP contribution in [0.5, 0.6) is 0 Å². The zero-order valence-corrected chi connectivity index (χ0v) is 30.7. The summed E-state index contributed by atoms with van der Waals surface area (Å²) in [5.74, 6) is -3.63. The highest BCUT2D eigenvalue weighted by Crippen LogP contribution is 2.67. The van der Waals surface area contributed by atoms with Gasteiger partial charge in [0.05, 0.1) is 18.6 Å². The zero-order chi connectivity index (χ0) is 37.0. The molecule has 3 saturated heterocycles. The Labute approximate surface area is 299 Å². The number of allylic oxidation sites excluding steroid dienone is 4. The van der Waals surface area contributed by atoms with Crippen LogP contribution in [-0.2, 0) is 38.0 Å². The van der Waals surface area contributed by atoms with E-state index in [4.69, 9.17) is 28.4 Å². The molecule has 0 aromatic heterocycles. The van der Waals surface area contributed by atoms with Gasteiger partial charge in [-0.25, -0.2) is 0 Å². The largest absolute Gasteiger partial charge is 0.462 e. The van der Waals surface area contributed by atoms with Gasteiger partial charge in [0.25, 0.3) is 0 Å². The number of carbonyl (C=O) groups excluding carboxylic acids is 2. The number of hydrogen-bond donors (Lipinski definition) is 5. The Morgan fingerprint density at radius 1 is 1.08 bits per heavy atom. The van der Waals surface area contributed by atoms with Crippen LogP contribution in [0.1, 0.15) is 80.1 Å². The predicted molar refractivity (Wildman–Crippen MR) is 178 cm³/mol. The molecule has 2 saturated carbocycles. The van der Waals surface area contributed by atoms with Gasteiger partial charge in [-0.15, -0.1) is 0 Å². The summed E-state index contributed by atoms with van der Waals surface area (Å²) < 4.78 is 36.2. The molecule has 5 N–H and O–H groups in total. The number of hydrogen-bond acceptors (Lipinski definition) is 13. The van der Waals surface area contributed by atoms with Crippen molar-refractivity contribution < 1.29 is 63.5 Å². The van der Waals surface area contributed by atoms with Crippen molar-refractivity contribution in [3.8, 4) is 0 Å². The third-order valence-electron chi connectivity index (χ3n) is 14.4. The number of carbonyl (C=O) groups is 2. The summed E-state index contributed by atoms with van der Waals surface area (Å²) in [6.07, 6.45) is -0.380. The molecule has 13 heteroatoms. The number of fused-ring (bicyclic) bond motifs is 6. The fourth-order valence-corrected chi connectivity index (χ4v) is 11.4. The first-order valence-electron chi connectivity index (χ1n) is 18.6. The lowest BCUT2D eigenvalue weighted by Crippen LogP contribution is -2.60. The highest BCUT2D eigenvalue weighted by Gasteiger charge is 2.75. The van der Waals surface area contributed by atoms with E-state index in [0.717, 1.165) is 12.8 Å². The van der Waals surface area contributed by atoms with Gasteiger partial charge in [-0.1, -0.05) is 39.8 Å². The second kappa shape index (κ2) is 12.8. The summed E-state index contributed by atoms with van der Waals surface area (Å²) in [5.41, 5.74) is 0.264. The Kier molecular flexibility index (Phi) is 9.41. The van der Waals surface area contributed by atoms with E-state index in [1.54, 1.807) is 6.92 Å². The molecule has 17 atom stereocenters. The fraction of sp³-hybridized carbons (Fsp3) is 0.842. The van der Waals surface area contributed by atoms with Gasteiger partial charge in [0.1, 0.15) is 36.6 Å². The number of rotatable bonds is 7. The van der Waals surface area contributed by atoms with Gasteiger partial charge >= 0.3 is 11.9 Å². The van der Waals surface area contributed by atoms with Gasteiger partial charge in [-0.05, 0) is 85.2 Å². The second-order valence-corrected chi connectivity index (χ2v) is 17.1. The summed E-state index contributed by atoms with van der Waals surface area (Å²) in [7, 11) is 1.48. The second-order valence-electron chi connectivity index (χ2n) is 17.1. The summed E-state index contributed by atoms with van der Waals surface area (Å²) in [6.45, 7) is 10.7. The van der Waals surface area contributed by atoms with Gasteiger partial charge in [-0.3, -0.25) is 9.59 Å². The maximum Gasteiger partial charge on any atom is 0.312 e. The van der Waals surface area contributed by atoms with E-state index in [1.807, 2.05) is 13.8 Å². The molecule has 0 aromatic rings. The van der Waals surface area contributed by atoms with Crippen molar-refractivity contribution in [1.29, 1.82) is 0 Å². The minimum absolute atomic E-state index is 0.00115. The molecular weight excluding hydrogens is 664 g/mol. The Hall–Kier alpha value is -1.94. The monoisotopic (exact) mass is 720 g/mol. The smallest absolute Gasteiger partial charge is 0.312 e. The van der Waals surface area contributed by atoms with Crippen molar-refractivity contribution in [2.24, 2.45) is 40.4 Å². The molecule has 7 rings (SSSR count). The lowest BCUT2D eigenvalue weighted by molar-refractivity contribution is -0.314. The molecule has 5 fully saturated rings. The minimum atomic E-state index is -1.59. The first-order valence-corrected chi connectivity index (χ1v) is 18.6. The molecule has 0 bridgehead atoms. The molecule has 13 nitrogen and oxygen atoms in total. The number of esters is 2. The Balaban J connectivity index is 1.15. The molecule has 286 valence electrons. The molecule has 0 spiro atoms. The first-order chi connectivity index (χ1) is 23.9. The van der Waals surface area contributed by atoms with Crippen LogP contribution in [0.3, 0.4) is 0 Å². The lowest BCUT2D eigenvalue weighted by atomic mass is 9.51. The normalized spacial score (nSPS) is 51.9. The van der Waals surface area contributed by atoms with Gasteiger partial charge in [0, 0.05) is 20.0 Å². The van der Waals surface area contributed by atoms with E-state index in [-0.39, 0.29) is 29.3 Å².